The van der Waals surface area contributed by atoms with Crippen molar-refractivity contribution >= 4 is 11.4 Å². The van der Waals surface area contributed by atoms with Crippen LogP contribution in [0, 0.1) is 26.1 Å². The lowest BCUT2D eigenvalue weighted by atomic mass is 9.92. The minimum Gasteiger partial charge on any atom is -0.327 e. The SMILES string of the molecule is CCC(N)C(C)Cc1ccc([N+](=O)[O-])cc1[N+](=O)[O-]. The fourth-order valence-corrected chi connectivity index (χ4v) is 1.91. The molecule has 0 aliphatic carbocycles. The molecule has 0 radical (unpaired) electrons. The van der Waals surface area contributed by atoms with Gasteiger partial charge in [0.15, 0.2) is 0 Å². The van der Waals surface area contributed by atoms with E-state index in [4.69, 9.17) is 5.73 Å². The van der Waals surface area contributed by atoms with Crippen molar-refractivity contribution in [2.24, 2.45) is 11.7 Å². The van der Waals surface area contributed by atoms with E-state index in [1.54, 1.807) is 0 Å². The van der Waals surface area contributed by atoms with Crippen LogP contribution in [-0.2, 0) is 6.42 Å². The first-order valence-corrected chi connectivity index (χ1v) is 6.04. The van der Waals surface area contributed by atoms with Gasteiger partial charge in [-0.3, -0.25) is 20.2 Å². The van der Waals surface area contributed by atoms with E-state index in [0.717, 1.165) is 12.5 Å². The Morgan fingerprint density at radius 1 is 1.26 bits per heavy atom. The van der Waals surface area contributed by atoms with Crippen LogP contribution in [-0.4, -0.2) is 15.9 Å². The van der Waals surface area contributed by atoms with Crippen LogP contribution in [0.4, 0.5) is 11.4 Å². The van der Waals surface area contributed by atoms with Crippen LogP contribution in [0.1, 0.15) is 25.8 Å². The number of nitrogens with zero attached hydrogens (tertiary/aromatic N) is 2. The Hall–Kier alpha value is -2.02. The van der Waals surface area contributed by atoms with Gasteiger partial charge in [0, 0.05) is 17.7 Å². The molecule has 0 spiro atoms. The van der Waals surface area contributed by atoms with Crippen molar-refractivity contribution in [1.82, 2.24) is 0 Å². The number of non-ortho nitro benzene ring substituents is 1. The molecule has 0 fully saturated rings. The first-order valence-electron chi connectivity index (χ1n) is 6.04. The van der Waals surface area contributed by atoms with Crippen molar-refractivity contribution in [1.29, 1.82) is 0 Å². The molecule has 0 saturated heterocycles. The van der Waals surface area contributed by atoms with Gasteiger partial charge < -0.3 is 5.73 Å². The molecule has 2 atom stereocenters. The van der Waals surface area contributed by atoms with Gasteiger partial charge in [0.25, 0.3) is 11.4 Å². The Bertz CT molecular complexity index is 490. The van der Waals surface area contributed by atoms with Gasteiger partial charge in [0.05, 0.1) is 15.9 Å². The summed E-state index contributed by atoms with van der Waals surface area (Å²) < 4.78 is 0. The molecule has 19 heavy (non-hydrogen) atoms. The van der Waals surface area contributed by atoms with Crippen molar-refractivity contribution in [3.63, 3.8) is 0 Å². The number of rotatable bonds is 6. The third kappa shape index (κ3) is 3.72. The maximum absolute atomic E-state index is 11.0. The van der Waals surface area contributed by atoms with Crippen LogP contribution < -0.4 is 5.73 Å². The number of hydrogen-bond acceptors (Lipinski definition) is 5. The summed E-state index contributed by atoms with van der Waals surface area (Å²) in [5.74, 6) is 0.0742. The summed E-state index contributed by atoms with van der Waals surface area (Å²) in [5, 5.41) is 21.6. The van der Waals surface area contributed by atoms with Crippen LogP contribution in [0.15, 0.2) is 18.2 Å². The lowest BCUT2D eigenvalue weighted by Gasteiger charge is -2.18. The van der Waals surface area contributed by atoms with E-state index >= 15 is 0 Å². The highest BCUT2D eigenvalue weighted by molar-refractivity contribution is 5.49. The van der Waals surface area contributed by atoms with Crippen LogP contribution in [0.5, 0.6) is 0 Å². The van der Waals surface area contributed by atoms with Crippen molar-refractivity contribution in [3.8, 4) is 0 Å². The molecule has 0 aliphatic heterocycles. The fraction of sp³-hybridized carbons (Fsp3) is 0.500. The zero-order valence-electron chi connectivity index (χ0n) is 10.9. The molecular weight excluding hydrogens is 250 g/mol. The highest BCUT2D eigenvalue weighted by Crippen LogP contribution is 2.27. The first-order chi connectivity index (χ1) is 8.86. The third-order valence-electron chi connectivity index (χ3n) is 3.22. The monoisotopic (exact) mass is 267 g/mol. The van der Waals surface area contributed by atoms with Gasteiger partial charge in [-0.25, -0.2) is 0 Å². The van der Waals surface area contributed by atoms with Gasteiger partial charge in [-0.1, -0.05) is 13.8 Å². The number of benzene rings is 1. The molecule has 0 aliphatic rings. The smallest absolute Gasteiger partial charge is 0.279 e. The summed E-state index contributed by atoms with van der Waals surface area (Å²) in [7, 11) is 0. The zero-order chi connectivity index (χ0) is 14.6. The summed E-state index contributed by atoms with van der Waals surface area (Å²) in [4.78, 5) is 20.4. The summed E-state index contributed by atoms with van der Waals surface area (Å²) in [6.45, 7) is 3.87. The fourth-order valence-electron chi connectivity index (χ4n) is 1.91. The second-order valence-corrected chi connectivity index (χ2v) is 4.58. The van der Waals surface area contributed by atoms with E-state index in [1.807, 2.05) is 13.8 Å². The summed E-state index contributed by atoms with van der Waals surface area (Å²) in [6.07, 6.45) is 1.21. The van der Waals surface area contributed by atoms with Crippen LogP contribution in [0.3, 0.4) is 0 Å². The highest BCUT2D eigenvalue weighted by atomic mass is 16.6. The Morgan fingerprint density at radius 3 is 2.37 bits per heavy atom. The largest absolute Gasteiger partial charge is 0.327 e. The van der Waals surface area contributed by atoms with E-state index in [9.17, 15) is 20.2 Å². The van der Waals surface area contributed by atoms with E-state index in [2.05, 4.69) is 0 Å². The molecule has 1 rings (SSSR count). The number of nitro benzene ring substituents is 2. The number of nitrogens with two attached hydrogens (primary N) is 1. The topological polar surface area (TPSA) is 112 Å². The zero-order valence-corrected chi connectivity index (χ0v) is 10.9. The van der Waals surface area contributed by atoms with Gasteiger partial charge in [-0.05, 0) is 24.8 Å². The van der Waals surface area contributed by atoms with Gasteiger partial charge in [0.2, 0.25) is 0 Å². The van der Waals surface area contributed by atoms with E-state index in [0.29, 0.717) is 12.0 Å². The minimum absolute atomic E-state index is 0.0465. The molecular formula is C12H17N3O4. The molecule has 104 valence electrons. The molecule has 0 amide bonds. The second kappa shape index (κ2) is 6.24. The van der Waals surface area contributed by atoms with Crippen LogP contribution >= 0.6 is 0 Å². The molecule has 0 aromatic heterocycles. The molecule has 2 unspecified atom stereocenters. The molecule has 7 heteroatoms. The molecule has 0 bridgehead atoms. The summed E-state index contributed by atoms with van der Waals surface area (Å²) in [6, 6.07) is 3.68. The third-order valence-corrected chi connectivity index (χ3v) is 3.22. The highest BCUT2D eigenvalue weighted by Gasteiger charge is 2.22. The Kier molecular flexibility index (Phi) is 4.94. The number of nitro groups is 2. The van der Waals surface area contributed by atoms with E-state index in [1.165, 1.54) is 12.1 Å². The molecule has 7 nitrogen and oxygen atoms in total. The van der Waals surface area contributed by atoms with Crippen molar-refractivity contribution < 1.29 is 9.85 Å². The maximum atomic E-state index is 11.0. The second-order valence-electron chi connectivity index (χ2n) is 4.58. The quantitative estimate of drug-likeness (QED) is 0.628. The summed E-state index contributed by atoms with van der Waals surface area (Å²) >= 11 is 0. The maximum Gasteiger partial charge on any atom is 0.279 e. The predicted octanol–water partition coefficient (Wildman–Crippen LogP) is 2.42. The van der Waals surface area contributed by atoms with Gasteiger partial charge in [0.1, 0.15) is 0 Å². The average Bonchev–Trinajstić information content (AvgIpc) is 2.37. The van der Waals surface area contributed by atoms with Crippen molar-refractivity contribution in [3.05, 3.63) is 44.0 Å². The van der Waals surface area contributed by atoms with Gasteiger partial charge in [-0.2, -0.15) is 0 Å². The molecule has 0 heterocycles. The first kappa shape index (κ1) is 15.0. The van der Waals surface area contributed by atoms with Crippen molar-refractivity contribution in [2.45, 2.75) is 32.7 Å². The Morgan fingerprint density at radius 2 is 1.89 bits per heavy atom. The van der Waals surface area contributed by atoms with Crippen LogP contribution in [0.2, 0.25) is 0 Å². The molecule has 2 N–H and O–H groups in total. The average molecular weight is 267 g/mol. The molecule has 1 aromatic rings. The lowest BCUT2D eigenvalue weighted by Crippen LogP contribution is -2.28. The molecule has 1 aromatic carbocycles. The van der Waals surface area contributed by atoms with E-state index in [-0.39, 0.29) is 23.3 Å². The molecule has 0 saturated carbocycles. The van der Waals surface area contributed by atoms with Crippen molar-refractivity contribution in [2.75, 3.05) is 0 Å². The van der Waals surface area contributed by atoms with Gasteiger partial charge in [-0.15, -0.1) is 0 Å². The Balaban J connectivity index is 3.07. The predicted molar refractivity (Wildman–Crippen MR) is 70.9 cm³/mol. The Labute approximate surface area is 110 Å². The van der Waals surface area contributed by atoms with Gasteiger partial charge >= 0.3 is 0 Å². The summed E-state index contributed by atoms with van der Waals surface area (Å²) in [5.41, 5.74) is 5.88. The van der Waals surface area contributed by atoms with E-state index < -0.39 is 9.85 Å². The van der Waals surface area contributed by atoms with Crippen LogP contribution in [0.25, 0.3) is 0 Å². The number of hydrogen-bond donors (Lipinski definition) is 1. The normalized spacial score (nSPS) is 13.8. The standard InChI is InChI=1S/C12H17N3O4/c1-3-11(13)8(2)6-9-4-5-10(14(16)17)7-12(9)15(18)19/h4-5,7-8,11H,3,6,13H2,1-2H3. The minimum atomic E-state index is -0.641. The lowest BCUT2D eigenvalue weighted by molar-refractivity contribution is -0.394.